The molecule has 1 amide bonds. The molecule has 0 spiro atoms. The van der Waals surface area contributed by atoms with Crippen molar-refractivity contribution in [1.82, 2.24) is 24.6 Å². The van der Waals surface area contributed by atoms with E-state index in [1.807, 2.05) is 6.92 Å². The second-order valence-electron chi connectivity index (χ2n) is 4.46. The van der Waals surface area contributed by atoms with Crippen LogP contribution in [0.4, 0.5) is 0 Å². The Hall–Kier alpha value is -1.94. The zero-order valence-corrected chi connectivity index (χ0v) is 14.0. The molecule has 0 aliphatic rings. The van der Waals surface area contributed by atoms with Crippen LogP contribution in [0.3, 0.4) is 0 Å². The molecule has 1 N–H and O–H groups in total. The summed E-state index contributed by atoms with van der Waals surface area (Å²) in [7, 11) is 2.82. The maximum absolute atomic E-state index is 12.0. The first kappa shape index (κ1) is 16.4. The van der Waals surface area contributed by atoms with Crippen molar-refractivity contribution < 1.29 is 4.79 Å². The number of amides is 1. The number of carbonyl (C=O) groups excluding carboxylic acids is 1. The summed E-state index contributed by atoms with van der Waals surface area (Å²) in [6.45, 7) is 2.27. The highest BCUT2D eigenvalue weighted by Crippen LogP contribution is 2.20. The minimum absolute atomic E-state index is 0.0462. The van der Waals surface area contributed by atoms with Gasteiger partial charge in [0.1, 0.15) is 10.7 Å². The van der Waals surface area contributed by atoms with Crippen molar-refractivity contribution in [3.05, 3.63) is 37.6 Å². The summed E-state index contributed by atoms with van der Waals surface area (Å²) in [6.07, 6.45) is 0. The monoisotopic (exact) mass is 341 g/mol. The van der Waals surface area contributed by atoms with E-state index in [0.29, 0.717) is 12.3 Å². The summed E-state index contributed by atoms with van der Waals surface area (Å²) in [4.78, 5) is 35.4. The van der Waals surface area contributed by atoms with Crippen LogP contribution in [0.25, 0.3) is 0 Å². The van der Waals surface area contributed by atoms with Gasteiger partial charge in [0.15, 0.2) is 4.34 Å². The third-order valence-corrected chi connectivity index (χ3v) is 4.85. The van der Waals surface area contributed by atoms with Gasteiger partial charge in [-0.3, -0.25) is 18.7 Å². The summed E-state index contributed by atoms with van der Waals surface area (Å²) in [5.74, 6) is 0.172. The number of rotatable bonds is 5. The summed E-state index contributed by atoms with van der Waals surface area (Å²) in [6, 6.07) is 1.15. The van der Waals surface area contributed by atoms with Crippen LogP contribution in [0, 0.1) is 6.92 Å². The molecule has 2 heterocycles. The highest BCUT2D eigenvalue weighted by molar-refractivity contribution is 8.01. The number of hydrogen-bond acceptors (Lipinski definition) is 7. The number of nitrogens with one attached hydrogen (secondary N) is 1. The lowest BCUT2D eigenvalue weighted by Crippen LogP contribution is -2.41. The van der Waals surface area contributed by atoms with Crippen molar-refractivity contribution in [1.29, 1.82) is 0 Å². The van der Waals surface area contributed by atoms with Gasteiger partial charge in [-0.1, -0.05) is 23.1 Å². The van der Waals surface area contributed by atoms with Crippen LogP contribution < -0.4 is 16.6 Å². The molecule has 0 atom stereocenters. The number of nitrogens with zero attached hydrogens (tertiary/aromatic N) is 4. The van der Waals surface area contributed by atoms with Crippen LogP contribution in [0.2, 0.25) is 0 Å². The second kappa shape index (κ2) is 6.88. The molecular weight excluding hydrogens is 326 g/mol. The number of aryl methyl sites for hydroxylation is 1. The predicted octanol–water partition coefficient (Wildman–Crippen LogP) is -0.234. The third-order valence-electron chi connectivity index (χ3n) is 2.88. The van der Waals surface area contributed by atoms with Crippen LogP contribution >= 0.6 is 23.1 Å². The highest BCUT2D eigenvalue weighted by atomic mass is 32.2. The maximum atomic E-state index is 12.0. The summed E-state index contributed by atoms with van der Waals surface area (Å²) in [5.41, 5.74) is -0.992. The Labute approximate surface area is 134 Å². The average molecular weight is 341 g/mol. The van der Waals surface area contributed by atoms with Crippen LogP contribution in [-0.4, -0.2) is 37.5 Å². The van der Waals surface area contributed by atoms with E-state index in [4.69, 9.17) is 0 Å². The van der Waals surface area contributed by atoms with Crippen molar-refractivity contribution in [2.24, 2.45) is 14.1 Å². The van der Waals surface area contributed by atoms with Gasteiger partial charge in [0.05, 0.1) is 0 Å². The van der Waals surface area contributed by atoms with Crippen LogP contribution in [0.1, 0.15) is 15.5 Å². The normalized spacial score (nSPS) is 10.7. The van der Waals surface area contributed by atoms with Gasteiger partial charge in [0.25, 0.3) is 11.5 Å². The minimum atomic E-state index is -0.531. The van der Waals surface area contributed by atoms with E-state index in [1.54, 1.807) is 0 Å². The van der Waals surface area contributed by atoms with E-state index in [9.17, 15) is 14.4 Å². The molecule has 22 heavy (non-hydrogen) atoms. The van der Waals surface area contributed by atoms with Crippen molar-refractivity contribution in [3.8, 4) is 0 Å². The second-order valence-corrected chi connectivity index (χ2v) is 6.98. The smallest absolute Gasteiger partial charge is 0.331 e. The molecule has 2 aromatic rings. The molecule has 0 saturated carbocycles. The van der Waals surface area contributed by atoms with Crippen LogP contribution in [0.15, 0.2) is 20.0 Å². The maximum Gasteiger partial charge on any atom is 0.331 e. The molecule has 0 aliphatic heterocycles. The number of carbonyl (C=O) groups is 1. The lowest BCUT2D eigenvalue weighted by Gasteiger charge is -2.09. The van der Waals surface area contributed by atoms with E-state index in [-0.39, 0.29) is 5.69 Å². The molecular formula is C12H15N5O3S2. The van der Waals surface area contributed by atoms with Gasteiger partial charge in [-0.2, -0.15) is 0 Å². The van der Waals surface area contributed by atoms with E-state index in [0.717, 1.165) is 24.5 Å². The molecule has 0 bridgehead atoms. The van der Waals surface area contributed by atoms with Gasteiger partial charge in [0, 0.05) is 32.5 Å². The van der Waals surface area contributed by atoms with Gasteiger partial charge in [-0.25, -0.2) is 4.79 Å². The first-order chi connectivity index (χ1) is 10.4. The van der Waals surface area contributed by atoms with Gasteiger partial charge in [-0.15, -0.1) is 10.2 Å². The zero-order valence-electron chi connectivity index (χ0n) is 12.3. The molecule has 2 aromatic heterocycles. The largest absolute Gasteiger partial charge is 0.350 e. The minimum Gasteiger partial charge on any atom is -0.350 e. The van der Waals surface area contributed by atoms with Crippen molar-refractivity contribution >= 4 is 29.0 Å². The molecule has 0 fully saturated rings. The first-order valence-corrected chi connectivity index (χ1v) is 8.18. The summed E-state index contributed by atoms with van der Waals surface area (Å²) in [5, 5.41) is 11.4. The van der Waals surface area contributed by atoms with Crippen molar-refractivity contribution in [2.45, 2.75) is 11.3 Å². The first-order valence-electron chi connectivity index (χ1n) is 6.38. The molecule has 0 aliphatic carbocycles. The van der Waals surface area contributed by atoms with E-state index < -0.39 is 17.2 Å². The zero-order chi connectivity index (χ0) is 16.3. The van der Waals surface area contributed by atoms with Gasteiger partial charge >= 0.3 is 5.69 Å². The topological polar surface area (TPSA) is 98.9 Å². The lowest BCUT2D eigenvalue weighted by molar-refractivity contribution is 0.0946. The van der Waals surface area contributed by atoms with Gasteiger partial charge in [-0.05, 0) is 6.92 Å². The van der Waals surface area contributed by atoms with E-state index in [1.165, 1.54) is 37.2 Å². The Balaban J connectivity index is 1.95. The molecule has 118 valence electrons. The average Bonchev–Trinajstić information content (AvgIpc) is 2.90. The quantitative estimate of drug-likeness (QED) is 0.596. The number of hydrogen-bond donors (Lipinski definition) is 1. The fourth-order valence-corrected chi connectivity index (χ4v) is 3.42. The highest BCUT2D eigenvalue weighted by Gasteiger charge is 2.13. The number of aromatic nitrogens is 4. The van der Waals surface area contributed by atoms with E-state index in [2.05, 4.69) is 15.5 Å². The fourth-order valence-electron chi connectivity index (χ4n) is 1.68. The Morgan fingerprint density at radius 2 is 2.05 bits per heavy atom. The van der Waals surface area contributed by atoms with Crippen molar-refractivity contribution in [2.75, 3.05) is 12.3 Å². The number of thioether (sulfide) groups is 1. The molecule has 0 saturated heterocycles. The summed E-state index contributed by atoms with van der Waals surface area (Å²) >= 11 is 2.98. The molecule has 10 heteroatoms. The fraction of sp³-hybridized carbons (Fsp3) is 0.417. The predicted molar refractivity (Wildman–Crippen MR) is 84.6 cm³/mol. The molecule has 2 rings (SSSR count). The van der Waals surface area contributed by atoms with Gasteiger partial charge in [0.2, 0.25) is 0 Å². The van der Waals surface area contributed by atoms with Crippen LogP contribution in [0.5, 0.6) is 0 Å². The Morgan fingerprint density at radius 1 is 1.32 bits per heavy atom. The molecule has 0 unspecified atom stereocenters. The molecule has 0 radical (unpaired) electrons. The Kier molecular flexibility index (Phi) is 5.14. The molecule has 0 aromatic carbocycles. The van der Waals surface area contributed by atoms with Crippen LogP contribution in [-0.2, 0) is 14.1 Å². The molecule has 8 nitrogen and oxygen atoms in total. The Bertz CT molecular complexity index is 808. The third kappa shape index (κ3) is 3.63. The Morgan fingerprint density at radius 3 is 2.68 bits per heavy atom. The lowest BCUT2D eigenvalue weighted by atomic mass is 10.3. The van der Waals surface area contributed by atoms with E-state index >= 15 is 0 Å². The standard InChI is InChI=1S/C12H15N5O3S2/c1-7-14-15-11(22-7)21-5-4-13-10(19)8-6-9(18)17(3)12(20)16(8)2/h6H,4-5H2,1-3H3,(H,13,19). The van der Waals surface area contributed by atoms with Gasteiger partial charge < -0.3 is 5.32 Å². The summed E-state index contributed by atoms with van der Waals surface area (Å²) < 4.78 is 2.94. The SMILES string of the molecule is Cc1nnc(SCCNC(=O)c2cc(=O)n(C)c(=O)n2C)s1. The van der Waals surface area contributed by atoms with Crippen molar-refractivity contribution in [3.63, 3.8) is 0 Å².